The summed E-state index contributed by atoms with van der Waals surface area (Å²) in [5.41, 5.74) is 0.152. The van der Waals surface area contributed by atoms with Gasteiger partial charge in [-0.2, -0.15) is 0 Å². The Hall–Kier alpha value is -1.98. The van der Waals surface area contributed by atoms with E-state index in [1.165, 1.54) is 0 Å². The third kappa shape index (κ3) is 5.77. The molecule has 110 valence electrons. The highest BCUT2D eigenvalue weighted by atomic mass is 19.1. The topological polar surface area (TPSA) is 66.4 Å². The molecule has 1 aromatic carbocycles. The number of benzene rings is 1. The van der Waals surface area contributed by atoms with Crippen molar-refractivity contribution in [3.05, 3.63) is 35.4 Å². The van der Waals surface area contributed by atoms with Crippen molar-refractivity contribution in [2.75, 3.05) is 6.54 Å². The van der Waals surface area contributed by atoms with Crippen LogP contribution in [0.5, 0.6) is 0 Å². The highest BCUT2D eigenvalue weighted by Gasteiger charge is 2.10. The van der Waals surface area contributed by atoms with Crippen LogP contribution < -0.4 is 5.32 Å². The van der Waals surface area contributed by atoms with Gasteiger partial charge < -0.3 is 10.4 Å². The number of nitrogens with one attached hydrogen (secondary N) is 1. The van der Waals surface area contributed by atoms with E-state index in [1.54, 1.807) is 6.92 Å². The van der Waals surface area contributed by atoms with E-state index in [-0.39, 0.29) is 43.2 Å². The Morgan fingerprint density at radius 3 is 2.70 bits per heavy atom. The summed E-state index contributed by atoms with van der Waals surface area (Å²) in [5.74, 6) is -2.50. The van der Waals surface area contributed by atoms with Crippen molar-refractivity contribution in [3.8, 4) is 0 Å². The second kappa shape index (κ2) is 7.57. The number of carbonyl (C=O) groups excluding carboxylic acids is 1. The second-order valence-electron chi connectivity index (χ2n) is 4.74. The second-order valence-corrected chi connectivity index (χ2v) is 4.74. The minimum atomic E-state index is -0.923. The monoisotopic (exact) mass is 285 g/mol. The van der Waals surface area contributed by atoms with Gasteiger partial charge in [-0.25, -0.2) is 8.78 Å². The van der Waals surface area contributed by atoms with Crippen LogP contribution in [-0.4, -0.2) is 23.5 Å². The summed E-state index contributed by atoms with van der Waals surface area (Å²) < 4.78 is 26.2. The number of amides is 1. The minimum absolute atomic E-state index is 0.0279. The number of carboxylic acids is 1. The van der Waals surface area contributed by atoms with Crippen molar-refractivity contribution < 1.29 is 23.5 Å². The van der Waals surface area contributed by atoms with Crippen LogP contribution in [0.4, 0.5) is 8.78 Å². The molecule has 0 spiro atoms. The molecule has 1 aromatic rings. The summed E-state index contributed by atoms with van der Waals surface area (Å²) in [6.07, 6.45) is 0.0989. The third-order valence-electron chi connectivity index (χ3n) is 2.80. The first-order valence-corrected chi connectivity index (χ1v) is 6.31. The van der Waals surface area contributed by atoms with Crippen molar-refractivity contribution in [1.29, 1.82) is 0 Å². The number of aryl methyl sites for hydroxylation is 1. The normalized spacial score (nSPS) is 11.9. The van der Waals surface area contributed by atoms with Crippen molar-refractivity contribution in [2.45, 2.75) is 26.2 Å². The average Bonchev–Trinajstić information content (AvgIpc) is 2.36. The Morgan fingerprint density at radius 2 is 2.05 bits per heavy atom. The summed E-state index contributed by atoms with van der Waals surface area (Å²) in [4.78, 5) is 22.0. The molecular weight excluding hydrogens is 268 g/mol. The van der Waals surface area contributed by atoms with Gasteiger partial charge in [-0.15, -0.1) is 0 Å². The van der Waals surface area contributed by atoms with Crippen LogP contribution >= 0.6 is 0 Å². The Balaban J connectivity index is 2.36. The molecule has 0 aliphatic carbocycles. The molecule has 0 aliphatic heterocycles. The van der Waals surface area contributed by atoms with E-state index in [9.17, 15) is 18.4 Å². The summed E-state index contributed by atoms with van der Waals surface area (Å²) >= 11 is 0. The van der Waals surface area contributed by atoms with Gasteiger partial charge >= 0.3 is 5.97 Å². The molecule has 4 nitrogen and oxygen atoms in total. The molecule has 0 aromatic heterocycles. The molecule has 1 amide bonds. The van der Waals surface area contributed by atoms with Crippen molar-refractivity contribution in [3.63, 3.8) is 0 Å². The molecule has 20 heavy (non-hydrogen) atoms. The highest BCUT2D eigenvalue weighted by molar-refractivity contribution is 5.76. The lowest BCUT2D eigenvalue weighted by molar-refractivity contribution is -0.138. The van der Waals surface area contributed by atoms with Crippen LogP contribution in [-0.2, 0) is 16.0 Å². The van der Waals surface area contributed by atoms with Gasteiger partial charge in [-0.3, -0.25) is 9.59 Å². The maximum absolute atomic E-state index is 13.3. The molecule has 0 fully saturated rings. The number of hydrogen-bond donors (Lipinski definition) is 2. The minimum Gasteiger partial charge on any atom is -0.481 e. The van der Waals surface area contributed by atoms with E-state index in [1.807, 2.05) is 0 Å². The van der Waals surface area contributed by atoms with Gasteiger partial charge in [0.05, 0.1) is 0 Å². The number of halogens is 2. The lowest BCUT2D eigenvalue weighted by atomic mass is 10.1. The number of aliphatic carboxylic acids is 1. The fourth-order valence-corrected chi connectivity index (χ4v) is 1.73. The molecule has 1 atom stereocenters. The van der Waals surface area contributed by atoms with E-state index < -0.39 is 17.6 Å². The molecule has 0 heterocycles. The summed E-state index contributed by atoms with van der Waals surface area (Å²) in [6, 6.07) is 3.11. The van der Waals surface area contributed by atoms with Crippen LogP contribution in [0, 0.1) is 17.6 Å². The first-order valence-electron chi connectivity index (χ1n) is 6.31. The molecule has 0 saturated carbocycles. The van der Waals surface area contributed by atoms with Gasteiger partial charge in [-0.1, -0.05) is 6.92 Å². The first-order chi connectivity index (χ1) is 9.38. The van der Waals surface area contributed by atoms with Gasteiger partial charge in [0.1, 0.15) is 11.6 Å². The zero-order valence-corrected chi connectivity index (χ0v) is 11.2. The zero-order valence-electron chi connectivity index (χ0n) is 11.2. The molecule has 0 saturated heterocycles. The molecule has 0 aliphatic rings. The molecule has 0 bridgehead atoms. The molecule has 2 N–H and O–H groups in total. The summed E-state index contributed by atoms with van der Waals surface area (Å²) in [7, 11) is 0. The number of rotatable bonds is 7. The number of hydrogen-bond acceptors (Lipinski definition) is 2. The quantitative estimate of drug-likeness (QED) is 0.806. The zero-order chi connectivity index (χ0) is 15.1. The van der Waals surface area contributed by atoms with Crippen LogP contribution in [0.15, 0.2) is 18.2 Å². The third-order valence-corrected chi connectivity index (χ3v) is 2.80. The maximum Gasteiger partial charge on any atom is 0.303 e. The first kappa shape index (κ1) is 16.1. The predicted octanol–water partition coefficient (Wildman–Crippen LogP) is 2.12. The van der Waals surface area contributed by atoms with Crippen LogP contribution in [0.25, 0.3) is 0 Å². The van der Waals surface area contributed by atoms with E-state index in [4.69, 9.17) is 5.11 Å². The number of carbonyl (C=O) groups is 2. The standard InChI is InChI=1S/C14H17F2NO3/c1-9(6-14(19)20)8-17-13(18)5-2-10-7-11(15)3-4-12(10)16/h3-4,7,9H,2,5-6,8H2,1H3,(H,17,18)(H,19,20). The Morgan fingerprint density at radius 1 is 1.35 bits per heavy atom. The van der Waals surface area contributed by atoms with E-state index in [0.29, 0.717) is 0 Å². The Labute approximate surface area is 115 Å². The van der Waals surface area contributed by atoms with Gasteiger partial charge in [0.2, 0.25) is 5.91 Å². The molecule has 6 heteroatoms. The van der Waals surface area contributed by atoms with Crippen LogP contribution in [0.2, 0.25) is 0 Å². The van der Waals surface area contributed by atoms with Crippen molar-refractivity contribution >= 4 is 11.9 Å². The van der Waals surface area contributed by atoms with E-state index in [2.05, 4.69) is 5.32 Å². The lowest BCUT2D eigenvalue weighted by Crippen LogP contribution is -2.29. The van der Waals surface area contributed by atoms with E-state index in [0.717, 1.165) is 18.2 Å². The smallest absolute Gasteiger partial charge is 0.303 e. The summed E-state index contributed by atoms with van der Waals surface area (Å²) in [6.45, 7) is 1.96. The average molecular weight is 285 g/mol. The number of carboxylic acid groups (broad SMARTS) is 1. The molecule has 1 rings (SSSR count). The van der Waals surface area contributed by atoms with E-state index >= 15 is 0 Å². The SMILES string of the molecule is CC(CNC(=O)CCc1cc(F)ccc1F)CC(=O)O. The fraction of sp³-hybridized carbons (Fsp3) is 0.429. The predicted molar refractivity (Wildman–Crippen MR) is 69.1 cm³/mol. The van der Waals surface area contributed by atoms with Crippen LogP contribution in [0.3, 0.4) is 0 Å². The fourth-order valence-electron chi connectivity index (χ4n) is 1.73. The molecular formula is C14H17F2NO3. The maximum atomic E-state index is 13.3. The van der Waals surface area contributed by atoms with Crippen LogP contribution in [0.1, 0.15) is 25.3 Å². The van der Waals surface area contributed by atoms with Gasteiger partial charge in [0, 0.05) is 19.4 Å². The molecule has 0 radical (unpaired) electrons. The van der Waals surface area contributed by atoms with Crippen molar-refractivity contribution in [1.82, 2.24) is 5.32 Å². The highest BCUT2D eigenvalue weighted by Crippen LogP contribution is 2.11. The van der Waals surface area contributed by atoms with Gasteiger partial charge in [0.25, 0.3) is 0 Å². The molecule has 1 unspecified atom stereocenters. The largest absolute Gasteiger partial charge is 0.481 e. The summed E-state index contributed by atoms with van der Waals surface area (Å²) in [5, 5.41) is 11.1. The van der Waals surface area contributed by atoms with Gasteiger partial charge in [-0.05, 0) is 36.1 Å². The van der Waals surface area contributed by atoms with Gasteiger partial charge in [0.15, 0.2) is 0 Å². The van der Waals surface area contributed by atoms with Crippen molar-refractivity contribution in [2.24, 2.45) is 5.92 Å². The Bertz CT molecular complexity index is 491. The lowest BCUT2D eigenvalue weighted by Gasteiger charge is -2.10. The Kier molecular flexibility index (Phi) is 6.09.